The third-order valence-electron chi connectivity index (χ3n) is 6.10. The number of rotatable bonds is 9. The molecule has 180 valence electrons. The van der Waals surface area contributed by atoms with Crippen LogP contribution >= 0.6 is 0 Å². The van der Waals surface area contributed by atoms with Gasteiger partial charge >= 0.3 is 5.97 Å². The van der Waals surface area contributed by atoms with Crippen molar-refractivity contribution in [3.63, 3.8) is 0 Å². The van der Waals surface area contributed by atoms with E-state index in [0.29, 0.717) is 24.2 Å². The van der Waals surface area contributed by atoms with Crippen LogP contribution in [0, 0.1) is 6.92 Å². The highest BCUT2D eigenvalue weighted by atomic mass is 16.4. The SMILES string of the molecule is CCCCc1nc2cc(NC(=O)CC)c(C)nc2n1Cc1ccc(-c2ccccc2C(=O)O)cc1. The lowest BCUT2D eigenvalue weighted by atomic mass is 9.99. The van der Waals surface area contributed by atoms with E-state index >= 15 is 0 Å². The summed E-state index contributed by atoms with van der Waals surface area (Å²) in [5.74, 6) is -0.0245. The van der Waals surface area contributed by atoms with Crippen LogP contribution in [0.1, 0.15) is 60.5 Å². The van der Waals surface area contributed by atoms with Crippen molar-refractivity contribution in [1.29, 1.82) is 0 Å². The van der Waals surface area contributed by atoms with E-state index in [-0.39, 0.29) is 11.5 Å². The van der Waals surface area contributed by atoms with E-state index in [0.717, 1.165) is 53.1 Å². The first-order valence-electron chi connectivity index (χ1n) is 12.0. The molecule has 0 radical (unpaired) electrons. The maximum atomic E-state index is 11.9. The van der Waals surface area contributed by atoms with Crippen LogP contribution in [0.4, 0.5) is 5.69 Å². The summed E-state index contributed by atoms with van der Waals surface area (Å²) in [6.45, 7) is 6.47. The number of imidazole rings is 1. The van der Waals surface area contributed by atoms with Gasteiger partial charge in [-0.25, -0.2) is 14.8 Å². The average Bonchev–Trinajstić information content (AvgIpc) is 3.19. The lowest BCUT2D eigenvalue weighted by Gasteiger charge is -2.12. The minimum absolute atomic E-state index is 0.0514. The third kappa shape index (κ3) is 5.24. The third-order valence-corrected chi connectivity index (χ3v) is 6.10. The topological polar surface area (TPSA) is 97.1 Å². The molecule has 2 heterocycles. The summed E-state index contributed by atoms with van der Waals surface area (Å²) in [6.07, 6.45) is 3.32. The number of aromatic nitrogens is 3. The number of aromatic carboxylic acids is 1. The van der Waals surface area contributed by atoms with Crippen LogP contribution in [0.2, 0.25) is 0 Å². The molecule has 0 atom stereocenters. The number of unbranched alkanes of at least 4 members (excludes halogenated alkanes) is 1. The molecule has 0 saturated carbocycles. The summed E-state index contributed by atoms with van der Waals surface area (Å²) in [7, 11) is 0. The number of amides is 1. The molecule has 0 unspecified atom stereocenters. The van der Waals surface area contributed by atoms with Crippen molar-refractivity contribution >= 4 is 28.7 Å². The number of carboxylic acids is 1. The largest absolute Gasteiger partial charge is 0.478 e. The molecule has 7 heteroatoms. The van der Waals surface area contributed by atoms with Crippen LogP contribution in [0.25, 0.3) is 22.3 Å². The molecule has 0 aliphatic carbocycles. The first kappa shape index (κ1) is 24.1. The van der Waals surface area contributed by atoms with Crippen molar-refractivity contribution < 1.29 is 14.7 Å². The predicted molar refractivity (Wildman–Crippen MR) is 138 cm³/mol. The molecule has 7 nitrogen and oxygen atoms in total. The van der Waals surface area contributed by atoms with E-state index in [1.165, 1.54) is 0 Å². The number of benzene rings is 2. The van der Waals surface area contributed by atoms with Gasteiger partial charge < -0.3 is 15.0 Å². The minimum Gasteiger partial charge on any atom is -0.478 e. The Morgan fingerprint density at radius 3 is 2.46 bits per heavy atom. The first-order chi connectivity index (χ1) is 16.9. The lowest BCUT2D eigenvalue weighted by Crippen LogP contribution is -2.11. The Kier molecular flexibility index (Phi) is 7.25. The highest BCUT2D eigenvalue weighted by Gasteiger charge is 2.16. The monoisotopic (exact) mass is 470 g/mol. The number of hydrogen-bond donors (Lipinski definition) is 2. The fourth-order valence-corrected chi connectivity index (χ4v) is 4.14. The molecule has 0 fully saturated rings. The van der Waals surface area contributed by atoms with Crippen molar-refractivity contribution in [2.24, 2.45) is 0 Å². The summed E-state index contributed by atoms with van der Waals surface area (Å²) in [5.41, 5.74) is 5.92. The predicted octanol–water partition coefficient (Wildman–Crippen LogP) is 5.84. The highest BCUT2D eigenvalue weighted by Crippen LogP contribution is 2.26. The summed E-state index contributed by atoms with van der Waals surface area (Å²) >= 11 is 0. The van der Waals surface area contributed by atoms with Crippen molar-refractivity contribution in [2.45, 2.75) is 53.0 Å². The van der Waals surface area contributed by atoms with Crippen molar-refractivity contribution in [3.05, 3.63) is 77.2 Å². The van der Waals surface area contributed by atoms with Gasteiger partial charge in [0, 0.05) is 12.8 Å². The number of carbonyl (C=O) groups excluding carboxylic acids is 1. The Balaban J connectivity index is 1.69. The van der Waals surface area contributed by atoms with Crippen molar-refractivity contribution in [3.8, 4) is 11.1 Å². The van der Waals surface area contributed by atoms with Crippen LogP contribution in [-0.2, 0) is 17.8 Å². The Bertz CT molecular complexity index is 1370. The molecule has 35 heavy (non-hydrogen) atoms. The molecule has 0 aliphatic heterocycles. The van der Waals surface area contributed by atoms with E-state index in [1.807, 2.05) is 56.3 Å². The molecule has 2 N–H and O–H groups in total. The van der Waals surface area contributed by atoms with Crippen LogP contribution in [0.15, 0.2) is 54.6 Å². The molecule has 0 spiro atoms. The van der Waals surface area contributed by atoms with Gasteiger partial charge in [0.05, 0.1) is 23.5 Å². The van der Waals surface area contributed by atoms with Crippen LogP contribution < -0.4 is 5.32 Å². The maximum absolute atomic E-state index is 11.9. The zero-order chi connectivity index (χ0) is 24.9. The van der Waals surface area contributed by atoms with Crippen molar-refractivity contribution in [1.82, 2.24) is 14.5 Å². The van der Waals surface area contributed by atoms with Gasteiger partial charge in [-0.2, -0.15) is 0 Å². The first-order valence-corrected chi connectivity index (χ1v) is 12.0. The van der Waals surface area contributed by atoms with Gasteiger partial charge in [-0.1, -0.05) is 62.7 Å². The van der Waals surface area contributed by atoms with Crippen LogP contribution in [0.3, 0.4) is 0 Å². The van der Waals surface area contributed by atoms with Gasteiger partial charge in [-0.05, 0) is 42.2 Å². The van der Waals surface area contributed by atoms with Gasteiger partial charge in [0.2, 0.25) is 5.91 Å². The van der Waals surface area contributed by atoms with E-state index in [1.54, 1.807) is 12.1 Å². The van der Waals surface area contributed by atoms with Gasteiger partial charge in [0.15, 0.2) is 5.65 Å². The molecule has 4 rings (SSSR count). The Labute approximate surface area is 204 Å². The molecular weight excluding hydrogens is 440 g/mol. The lowest BCUT2D eigenvalue weighted by molar-refractivity contribution is -0.115. The molecule has 0 aliphatic rings. The second kappa shape index (κ2) is 10.5. The molecule has 4 aromatic rings. The number of nitrogens with one attached hydrogen (secondary N) is 1. The molecule has 2 aromatic heterocycles. The normalized spacial score (nSPS) is 11.1. The van der Waals surface area contributed by atoms with Crippen LogP contribution in [0.5, 0.6) is 0 Å². The smallest absolute Gasteiger partial charge is 0.336 e. The number of carboxylic acid groups (broad SMARTS) is 1. The number of pyridine rings is 1. The second-order valence-electron chi connectivity index (χ2n) is 8.63. The fraction of sp³-hybridized carbons (Fsp3) is 0.286. The Morgan fingerprint density at radius 1 is 1.03 bits per heavy atom. The van der Waals surface area contributed by atoms with Gasteiger partial charge in [-0.15, -0.1) is 0 Å². The van der Waals surface area contributed by atoms with Crippen molar-refractivity contribution in [2.75, 3.05) is 5.32 Å². The van der Waals surface area contributed by atoms with Crippen LogP contribution in [-0.4, -0.2) is 31.5 Å². The zero-order valence-electron chi connectivity index (χ0n) is 20.3. The molecule has 2 aromatic carbocycles. The molecular formula is C28H30N4O3. The van der Waals surface area contributed by atoms with E-state index in [2.05, 4.69) is 16.8 Å². The maximum Gasteiger partial charge on any atom is 0.336 e. The highest BCUT2D eigenvalue weighted by molar-refractivity contribution is 5.96. The Hall–Kier alpha value is -4.00. The molecule has 0 saturated heterocycles. The fourth-order valence-electron chi connectivity index (χ4n) is 4.14. The van der Waals surface area contributed by atoms with E-state index in [4.69, 9.17) is 9.97 Å². The number of anilines is 1. The van der Waals surface area contributed by atoms with Gasteiger partial charge in [-0.3, -0.25) is 4.79 Å². The quantitative estimate of drug-likeness (QED) is 0.320. The number of hydrogen-bond acceptors (Lipinski definition) is 4. The molecule has 1 amide bonds. The summed E-state index contributed by atoms with van der Waals surface area (Å²) in [4.78, 5) is 33.2. The Morgan fingerprint density at radius 2 is 1.77 bits per heavy atom. The summed E-state index contributed by atoms with van der Waals surface area (Å²) < 4.78 is 2.14. The van der Waals surface area contributed by atoms with Gasteiger partial charge in [0.1, 0.15) is 11.3 Å². The standard InChI is InChI=1S/C28H30N4O3/c1-4-6-11-25-30-24-16-23(31-26(33)5-2)18(3)29-27(24)32(25)17-19-12-14-20(15-13-19)21-9-7-8-10-22(21)28(34)35/h7-10,12-16H,4-6,11,17H2,1-3H3,(H,31,33)(H,34,35). The number of fused-ring (bicyclic) bond motifs is 1. The molecule has 0 bridgehead atoms. The minimum atomic E-state index is -0.939. The van der Waals surface area contributed by atoms with E-state index < -0.39 is 5.97 Å². The van der Waals surface area contributed by atoms with E-state index in [9.17, 15) is 14.7 Å². The average molecular weight is 471 g/mol. The number of aryl methyl sites for hydroxylation is 2. The number of nitrogens with zero attached hydrogens (tertiary/aromatic N) is 3. The second-order valence-corrected chi connectivity index (χ2v) is 8.63. The summed E-state index contributed by atoms with van der Waals surface area (Å²) in [5, 5.41) is 12.4. The summed E-state index contributed by atoms with van der Waals surface area (Å²) in [6, 6.07) is 16.9. The number of carbonyl (C=O) groups is 2. The zero-order valence-corrected chi connectivity index (χ0v) is 20.3. The van der Waals surface area contributed by atoms with Gasteiger partial charge in [0.25, 0.3) is 0 Å².